The molecule has 0 saturated heterocycles. The van der Waals surface area contributed by atoms with Crippen LogP contribution in [-0.2, 0) is 13.0 Å². The lowest BCUT2D eigenvalue weighted by Crippen LogP contribution is -1.98. The average molecular weight is 315 g/mol. The molecule has 0 aliphatic heterocycles. The first-order chi connectivity index (χ1) is 10.3. The maximum atomic E-state index is 5.84. The van der Waals surface area contributed by atoms with Crippen molar-refractivity contribution in [1.82, 2.24) is 4.98 Å². The molecule has 0 aliphatic carbocycles. The van der Waals surface area contributed by atoms with E-state index in [-0.39, 0.29) is 0 Å². The SMILES string of the molecule is Clc1ncc(CNc2cccc(Cc3ccccc3)c2)s1. The van der Waals surface area contributed by atoms with Crippen LogP contribution in [0, 0.1) is 0 Å². The van der Waals surface area contributed by atoms with Crippen molar-refractivity contribution in [2.75, 3.05) is 5.32 Å². The van der Waals surface area contributed by atoms with Gasteiger partial charge in [0, 0.05) is 16.8 Å². The highest BCUT2D eigenvalue weighted by Crippen LogP contribution is 2.20. The van der Waals surface area contributed by atoms with Gasteiger partial charge in [-0.2, -0.15) is 0 Å². The standard InChI is InChI=1S/C17H15ClN2S/c18-17-20-12-16(21-17)11-19-15-8-4-7-14(10-15)9-13-5-2-1-3-6-13/h1-8,10,12,19H,9,11H2. The predicted octanol–water partition coefficient (Wildman–Crippen LogP) is 5.00. The molecule has 0 bridgehead atoms. The summed E-state index contributed by atoms with van der Waals surface area (Å²) in [5, 5.41) is 3.41. The average Bonchev–Trinajstić information content (AvgIpc) is 2.92. The fourth-order valence-corrected chi connectivity index (χ4v) is 3.09. The smallest absolute Gasteiger partial charge is 0.183 e. The molecule has 21 heavy (non-hydrogen) atoms. The first-order valence-corrected chi connectivity index (χ1v) is 7.96. The first-order valence-electron chi connectivity index (χ1n) is 6.76. The summed E-state index contributed by atoms with van der Waals surface area (Å²) in [6.07, 6.45) is 2.76. The van der Waals surface area contributed by atoms with Gasteiger partial charge in [0.25, 0.3) is 0 Å². The minimum absolute atomic E-state index is 0.588. The summed E-state index contributed by atoms with van der Waals surface area (Å²) in [5.41, 5.74) is 3.74. The van der Waals surface area contributed by atoms with Gasteiger partial charge in [0.1, 0.15) is 0 Å². The second kappa shape index (κ2) is 6.74. The van der Waals surface area contributed by atoms with Crippen LogP contribution in [0.5, 0.6) is 0 Å². The van der Waals surface area contributed by atoms with Crippen molar-refractivity contribution < 1.29 is 0 Å². The van der Waals surface area contributed by atoms with Crippen molar-refractivity contribution in [2.24, 2.45) is 0 Å². The summed E-state index contributed by atoms with van der Waals surface area (Å²) in [4.78, 5) is 5.18. The lowest BCUT2D eigenvalue weighted by Gasteiger charge is -2.07. The summed E-state index contributed by atoms with van der Waals surface area (Å²) in [6.45, 7) is 0.749. The van der Waals surface area contributed by atoms with Crippen molar-refractivity contribution >= 4 is 28.6 Å². The quantitative estimate of drug-likeness (QED) is 0.717. The molecule has 0 saturated carbocycles. The molecule has 3 aromatic rings. The van der Waals surface area contributed by atoms with E-state index < -0.39 is 0 Å². The Morgan fingerprint density at radius 1 is 1.00 bits per heavy atom. The summed E-state index contributed by atoms with van der Waals surface area (Å²) in [5.74, 6) is 0. The summed E-state index contributed by atoms with van der Waals surface area (Å²) < 4.78 is 0.588. The van der Waals surface area contributed by atoms with Crippen LogP contribution in [0.15, 0.2) is 60.8 Å². The number of benzene rings is 2. The fourth-order valence-electron chi connectivity index (χ4n) is 2.18. The fraction of sp³-hybridized carbons (Fsp3) is 0.118. The molecule has 3 rings (SSSR count). The van der Waals surface area contributed by atoms with E-state index >= 15 is 0 Å². The highest BCUT2D eigenvalue weighted by atomic mass is 35.5. The lowest BCUT2D eigenvalue weighted by atomic mass is 10.0. The molecule has 4 heteroatoms. The minimum atomic E-state index is 0.588. The van der Waals surface area contributed by atoms with E-state index in [9.17, 15) is 0 Å². The van der Waals surface area contributed by atoms with E-state index in [2.05, 4.69) is 58.8 Å². The molecule has 0 atom stereocenters. The third-order valence-electron chi connectivity index (χ3n) is 3.17. The van der Waals surface area contributed by atoms with Crippen LogP contribution < -0.4 is 5.32 Å². The minimum Gasteiger partial charge on any atom is -0.380 e. The lowest BCUT2D eigenvalue weighted by molar-refractivity contribution is 1.15. The van der Waals surface area contributed by atoms with Crippen LogP contribution in [0.4, 0.5) is 5.69 Å². The Balaban J connectivity index is 1.65. The van der Waals surface area contributed by atoms with E-state index in [0.29, 0.717) is 4.47 Å². The van der Waals surface area contributed by atoms with E-state index in [4.69, 9.17) is 11.6 Å². The maximum absolute atomic E-state index is 5.84. The molecule has 1 N–H and O–H groups in total. The number of nitrogens with zero attached hydrogens (tertiary/aromatic N) is 1. The molecule has 2 aromatic carbocycles. The van der Waals surface area contributed by atoms with Crippen molar-refractivity contribution in [3.8, 4) is 0 Å². The van der Waals surface area contributed by atoms with E-state index in [1.165, 1.54) is 22.5 Å². The van der Waals surface area contributed by atoms with Gasteiger partial charge in [-0.25, -0.2) is 4.98 Å². The van der Waals surface area contributed by atoms with Gasteiger partial charge in [0.05, 0.1) is 6.54 Å². The van der Waals surface area contributed by atoms with Crippen LogP contribution in [0.25, 0.3) is 0 Å². The molecule has 0 amide bonds. The Kier molecular flexibility index (Phi) is 4.53. The maximum Gasteiger partial charge on any atom is 0.183 e. The van der Waals surface area contributed by atoms with Gasteiger partial charge in [-0.3, -0.25) is 0 Å². The zero-order chi connectivity index (χ0) is 14.5. The number of nitrogens with one attached hydrogen (secondary N) is 1. The Morgan fingerprint density at radius 2 is 1.81 bits per heavy atom. The molecule has 0 spiro atoms. The molecule has 0 aliphatic rings. The zero-order valence-electron chi connectivity index (χ0n) is 11.4. The number of rotatable bonds is 5. The molecular weight excluding hydrogens is 300 g/mol. The van der Waals surface area contributed by atoms with Crippen molar-refractivity contribution in [3.05, 3.63) is 81.3 Å². The molecule has 0 radical (unpaired) electrons. The normalized spacial score (nSPS) is 10.5. The molecule has 1 aromatic heterocycles. The van der Waals surface area contributed by atoms with Crippen LogP contribution in [0.3, 0.4) is 0 Å². The Hall–Kier alpha value is -1.84. The number of anilines is 1. The molecule has 2 nitrogen and oxygen atoms in total. The van der Waals surface area contributed by atoms with Crippen molar-refractivity contribution in [1.29, 1.82) is 0 Å². The molecular formula is C17H15ClN2S. The highest BCUT2D eigenvalue weighted by molar-refractivity contribution is 7.15. The highest BCUT2D eigenvalue weighted by Gasteiger charge is 2.01. The van der Waals surface area contributed by atoms with E-state index in [1.807, 2.05) is 12.3 Å². The van der Waals surface area contributed by atoms with Crippen molar-refractivity contribution in [3.63, 3.8) is 0 Å². The van der Waals surface area contributed by atoms with Crippen LogP contribution >= 0.6 is 22.9 Å². The molecule has 1 heterocycles. The Bertz CT molecular complexity index is 710. The largest absolute Gasteiger partial charge is 0.380 e. The van der Waals surface area contributed by atoms with Crippen LogP contribution in [0.2, 0.25) is 4.47 Å². The van der Waals surface area contributed by atoms with E-state index in [1.54, 1.807) is 0 Å². The zero-order valence-corrected chi connectivity index (χ0v) is 13.0. The van der Waals surface area contributed by atoms with Gasteiger partial charge in [-0.15, -0.1) is 11.3 Å². The summed E-state index contributed by atoms with van der Waals surface area (Å²) >= 11 is 7.34. The number of hydrogen-bond donors (Lipinski definition) is 1. The number of halogens is 1. The monoisotopic (exact) mass is 314 g/mol. The van der Waals surface area contributed by atoms with Gasteiger partial charge >= 0.3 is 0 Å². The van der Waals surface area contributed by atoms with Gasteiger partial charge in [0.15, 0.2) is 4.47 Å². The van der Waals surface area contributed by atoms with E-state index in [0.717, 1.165) is 23.5 Å². The number of thiazole rings is 1. The second-order valence-electron chi connectivity index (χ2n) is 4.80. The Labute approximate surface area is 133 Å². The van der Waals surface area contributed by atoms with Crippen LogP contribution in [0.1, 0.15) is 16.0 Å². The van der Waals surface area contributed by atoms with Gasteiger partial charge < -0.3 is 5.32 Å². The first kappa shape index (κ1) is 14.1. The molecule has 106 valence electrons. The molecule has 0 fully saturated rings. The topological polar surface area (TPSA) is 24.9 Å². The third kappa shape index (κ3) is 4.06. The second-order valence-corrected chi connectivity index (χ2v) is 6.49. The Morgan fingerprint density at radius 3 is 2.57 bits per heavy atom. The van der Waals surface area contributed by atoms with Gasteiger partial charge in [-0.1, -0.05) is 54.1 Å². The van der Waals surface area contributed by atoms with Gasteiger partial charge in [0.2, 0.25) is 0 Å². The summed E-state index contributed by atoms with van der Waals surface area (Å²) in [7, 11) is 0. The third-order valence-corrected chi connectivity index (χ3v) is 4.28. The number of aromatic nitrogens is 1. The van der Waals surface area contributed by atoms with Crippen molar-refractivity contribution in [2.45, 2.75) is 13.0 Å². The number of hydrogen-bond acceptors (Lipinski definition) is 3. The molecule has 0 unspecified atom stereocenters. The van der Waals surface area contributed by atoms with Gasteiger partial charge in [-0.05, 0) is 29.7 Å². The predicted molar refractivity (Wildman–Crippen MR) is 90.1 cm³/mol. The van der Waals surface area contributed by atoms with Crippen LogP contribution in [-0.4, -0.2) is 4.98 Å². The summed E-state index contributed by atoms with van der Waals surface area (Å²) in [6, 6.07) is 19.0.